The number of hydrogen-bond acceptors (Lipinski definition) is 6. The standard InChI is InChI=1S/C22H25F2NO6/c1-13(15-11-18(28-3)21(30-5)19(12-15)29-4)25-20(26)9-7-14-6-8-16(31-22(23)24)17(10-14)27-2/h6-13,22H,1-5H3,(H,25,26)/b9-7+. The van der Waals surface area contributed by atoms with Crippen LogP contribution in [0, 0.1) is 0 Å². The molecule has 2 aromatic carbocycles. The topological polar surface area (TPSA) is 75.3 Å². The van der Waals surface area contributed by atoms with Crippen molar-refractivity contribution in [2.24, 2.45) is 0 Å². The second-order valence-corrected chi connectivity index (χ2v) is 6.31. The van der Waals surface area contributed by atoms with Crippen molar-refractivity contribution in [1.82, 2.24) is 5.32 Å². The fourth-order valence-corrected chi connectivity index (χ4v) is 2.85. The largest absolute Gasteiger partial charge is 0.493 e. The fourth-order valence-electron chi connectivity index (χ4n) is 2.85. The number of methoxy groups -OCH3 is 4. The first kappa shape index (κ1) is 23.8. The van der Waals surface area contributed by atoms with Crippen molar-refractivity contribution in [3.63, 3.8) is 0 Å². The Morgan fingerprint density at radius 2 is 1.52 bits per heavy atom. The molecule has 0 aliphatic heterocycles. The lowest BCUT2D eigenvalue weighted by atomic mass is 10.1. The molecular formula is C22H25F2NO6. The third-order valence-corrected chi connectivity index (χ3v) is 4.38. The van der Waals surface area contributed by atoms with Crippen molar-refractivity contribution in [3.8, 4) is 28.7 Å². The number of benzene rings is 2. The van der Waals surface area contributed by atoms with Crippen molar-refractivity contribution < 1.29 is 37.3 Å². The van der Waals surface area contributed by atoms with E-state index in [0.717, 1.165) is 5.56 Å². The first-order valence-corrected chi connectivity index (χ1v) is 9.24. The number of carbonyl (C=O) groups is 1. The lowest BCUT2D eigenvalue weighted by Crippen LogP contribution is -2.24. The summed E-state index contributed by atoms with van der Waals surface area (Å²) in [5.41, 5.74) is 1.33. The molecule has 2 aromatic rings. The summed E-state index contributed by atoms with van der Waals surface area (Å²) in [6, 6.07) is 7.52. The molecule has 0 saturated carbocycles. The van der Waals surface area contributed by atoms with Gasteiger partial charge < -0.3 is 29.0 Å². The average Bonchev–Trinajstić information content (AvgIpc) is 2.76. The maximum Gasteiger partial charge on any atom is 0.387 e. The summed E-state index contributed by atoms with van der Waals surface area (Å²) in [5.74, 6) is 1.11. The Hall–Kier alpha value is -3.49. The molecule has 31 heavy (non-hydrogen) atoms. The Kier molecular flexibility index (Phi) is 8.48. The van der Waals surface area contributed by atoms with Crippen LogP contribution in [0.5, 0.6) is 28.7 Å². The van der Waals surface area contributed by atoms with Crippen LogP contribution in [-0.4, -0.2) is 41.0 Å². The SMILES string of the molecule is COc1cc(/C=C/C(=O)NC(C)c2cc(OC)c(OC)c(OC)c2)ccc1OC(F)F. The zero-order chi connectivity index (χ0) is 23.0. The normalized spacial score (nSPS) is 11.9. The van der Waals surface area contributed by atoms with Crippen molar-refractivity contribution >= 4 is 12.0 Å². The Morgan fingerprint density at radius 3 is 2.03 bits per heavy atom. The zero-order valence-corrected chi connectivity index (χ0v) is 17.9. The van der Waals surface area contributed by atoms with Gasteiger partial charge in [0.15, 0.2) is 23.0 Å². The predicted octanol–water partition coefficient (Wildman–Crippen LogP) is 4.21. The van der Waals surface area contributed by atoms with Crippen LogP contribution >= 0.6 is 0 Å². The summed E-state index contributed by atoms with van der Waals surface area (Å²) >= 11 is 0. The molecule has 1 atom stereocenters. The number of nitrogens with one attached hydrogen (secondary N) is 1. The molecular weight excluding hydrogens is 412 g/mol. The third kappa shape index (κ3) is 6.24. The number of hydrogen-bond donors (Lipinski definition) is 1. The van der Waals surface area contributed by atoms with Gasteiger partial charge in [-0.25, -0.2) is 0 Å². The number of halogens is 2. The third-order valence-electron chi connectivity index (χ3n) is 4.38. The molecule has 0 radical (unpaired) electrons. The summed E-state index contributed by atoms with van der Waals surface area (Å²) in [6.07, 6.45) is 2.86. The second-order valence-electron chi connectivity index (χ2n) is 6.31. The van der Waals surface area contributed by atoms with E-state index in [-0.39, 0.29) is 23.4 Å². The van der Waals surface area contributed by atoms with Gasteiger partial charge in [-0.3, -0.25) is 4.79 Å². The van der Waals surface area contributed by atoms with Crippen molar-refractivity contribution in [2.45, 2.75) is 19.6 Å². The molecule has 0 spiro atoms. The van der Waals surface area contributed by atoms with Crippen LogP contribution in [0.25, 0.3) is 6.08 Å². The van der Waals surface area contributed by atoms with E-state index in [2.05, 4.69) is 10.1 Å². The lowest BCUT2D eigenvalue weighted by Gasteiger charge is -2.18. The lowest BCUT2D eigenvalue weighted by molar-refractivity contribution is -0.117. The number of ether oxygens (including phenoxy) is 5. The molecule has 0 aliphatic carbocycles. The molecule has 0 aliphatic rings. The van der Waals surface area contributed by atoms with E-state index < -0.39 is 6.61 Å². The molecule has 7 nitrogen and oxygen atoms in total. The number of carbonyl (C=O) groups excluding carboxylic acids is 1. The number of rotatable bonds is 10. The molecule has 1 unspecified atom stereocenters. The predicted molar refractivity (Wildman–Crippen MR) is 111 cm³/mol. The maximum atomic E-state index is 12.4. The zero-order valence-electron chi connectivity index (χ0n) is 17.9. The minimum atomic E-state index is -2.96. The van der Waals surface area contributed by atoms with Crippen molar-refractivity contribution in [2.75, 3.05) is 28.4 Å². The first-order chi connectivity index (χ1) is 14.8. The molecule has 0 heterocycles. The van der Waals surface area contributed by atoms with Gasteiger partial charge in [-0.05, 0) is 48.4 Å². The highest BCUT2D eigenvalue weighted by Crippen LogP contribution is 2.39. The van der Waals surface area contributed by atoms with Crippen LogP contribution in [0.15, 0.2) is 36.4 Å². The minimum Gasteiger partial charge on any atom is -0.493 e. The number of alkyl halides is 2. The van der Waals surface area contributed by atoms with Crippen LogP contribution < -0.4 is 29.0 Å². The quantitative estimate of drug-likeness (QED) is 0.561. The van der Waals surface area contributed by atoms with Gasteiger partial charge in [0.2, 0.25) is 11.7 Å². The highest BCUT2D eigenvalue weighted by molar-refractivity contribution is 5.92. The van der Waals surface area contributed by atoms with Crippen LogP contribution in [0.1, 0.15) is 24.1 Å². The summed E-state index contributed by atoms with van der Waals surface area (Å²) < 4.78 is 50.2. The minimum absolute atomic E-state index is 0.0878. The van der Waals surface area contributed by atoms with Gasteiger partial charge in [-0.2, -0.15) is 8.78 Å². The van der Waals surface area contributed by atoms with E-state index in [1.165, 1.54) is 58.8 Å². The van der Waals surface area contributed by atoms with E-state index in [0.29, 0.717) is 22.8 Å². The summed E-state index contributed by atoms with van der Waals surface area (Å²) in [5, 5.41) is 2.84. The molecule has 2 rings (SSSR count). The van der Waals surface area contributed by atoms with Crippen molar-refractivity contribution in [1.29, 1.82) is 0 Å². The van der Waals surface area contributed by atoms with E-state index in [1.807, 2.05) is 6.92 Å². The monoisotopic (exact) mass is 437 g/mol. The molecule has 0 fully saturated rings. The van der Waals surface area contributed by atoms with Gasteiger partial charge in [-0.1, -0.05) is 6.07 Å². The van der Waals surface area contributed by atoms with Crippen LogP contribution in [0.2, 0.25) is 0 Å². The second kappa shape index (κ2) is 11.1. The molecule has 168 valence electrons. The molecule has 0 saturated heterocycles. The van der Waals surface area contributed by atoms with E-state index in [1.54, 1.807) is 12.1 Å². The molecule has 1 amide bonds. The molecule has 1 N–H and O–H groups in total. The average molecular weight is 437 g/mol. The summed E-state index contributed by atoms with van der Waals surface area (Å²) in [4.78, 5) is 12.4. The van der Waals surface area contributed by atoms with Crippen LogP contribution in [0.4, 0.5) is 8.78 Å². The fraction of sp³-hybridized carbons (Fsp3) is 0.318. The van der Waals surface area contributed by atoms with Gasteiger partial charge >= 0.3 is 6.61 Å². The highest BCUT2D eigenvalue weighted by Gasteiger charge is 2.17. The Bertz CT molecular complexity index is 907. The van der Waals surface area contributed by atoms with Crippen LogP contribution in [0.3, 0.4) is 0 Å². The highest BCUT2D eigenvalue weighted by atomic mass is 19.3. The van der Waals surface area contributed by atoms with Gasteiger partial charge in [0.25, 0.3) is 0 Å². The summed E-state index contributed by atoms with van der Waals surface area (Å²) in [7, 11) is 5.88. The van der Waals surface area contributed by atoms with Crippen molar-refractivity contribution in [3.05, 3.63) is 47.5 Å². The van der Waals surface area contributed by atoms with E-state index >= 15 is 0 Å². The van der Waals surface area contributed by atoms with Gasteiger partial charge in [0.05, 0.1) is 34.5 Å². The molecule has 0 aromatic heterocycles. The van der Waals surface area contributed by atoms with Gasteiger partial charge in [0, 0.05) is 6.08 Å². The van der Waals surface area contributed by atoms with Gasteiger partial charge in [-0.15, -0.1) is 0 Å². The molecule has 0 bridgehead atoms. The van der Waals surface area contributed by atoms with E-state index in [9.17, 15) is 13.6 Å². The van der Waals surface area contributed by atoms with Crippen LogP contribution in [-0.2, 0) is 4.79 Å². The maximum absolute atomic E-state index is 12.4. The Balaban J connectivity index is 2.13. The molecule has 9 heteroatoms. The Labute approximate surface area is 179 Å². The van der Waals surface area contributed by atoms with E-state index in [4.69, 9.17) is 18.9 Å². The number of amides is 1. The first-order valence-electron chi connectivity index (χ1n) is 9.24. The van der Waals surface area contributed by atoms with Gasteiger partial charge in [0.1, 0.15) is 0 Å². The summed E-state index contributed by atoms with van der Waals surface area (Å²) in [6.45, 7) is -1.15. The Morgan fingerprint density at radius 1 is 0.903 bits per heavy atom. The smallest absolute Gasteiger partial charge is 0.387 e.